The van der Waals surface area contributed by atoms with Gasteiger partial charge in [-0.1, -0.05) is 0 Å². The minimum atomic E-state index is -0.463. The molecule has 0 bridgehead atoms. The first-order valence-corrected chi connectivity index (χ1v) is 5.74. The lowest BCUT2D eigenvalue weighted by molar-refractivity contribution is -0.136. The van der Waals surface area contributed by atoms with Crippen LogP contribution in [0.25, 0.3) is 0 Å². The second-order valence-electron chi connectivity index (χ2n) is 4.38. The molecule has 1 saturated heterocycles. The topological polar surface area (TPSA) is 58.6 Å². The minimum absolute atomic E-state index is 0.150. The Morgan fingerprint density at radius 2 is 2.11 bits per heavy atom. The lowest BCUT2D eigenvalue weighted by Crippen LogP contribution is -2.31. The quantitative estimate of drug-likeness (QED) is 0.816. The number of aryl methyl sites for hydroxylation is 1. The molecule has 1 fully saturated rings. The molecule has 0 aromatic heterocycles. The van der Waals surface area contributed by atoms with Crippen molar-refractivity contribution in [3.8, 4) is 5.75 Å². The molecule has 1 atom stereocenters. The molecular weight excluding hydrogens is 232 g/mol. The second-order valence-corrected chi connectivity index (χ2v) is 4.38. The summed E-state index contributed by atoms with van der Waals surface area (Å²) >= 11 is 0. The summed E-state index contributed by atoms with van der Waals surface area (Å²) in [6, 6.07) is 5.11. The van der Waals surface area contributed by atoms with Gasteiger partial charge in [-0.2, -0.15) is 0 Å². The van der Waals surface area contributed by atoms with E-state index in [1.54, 1.807) is 7.11 Å². The molecule has 1 unspecified atom stereocenters. The Labute approximate surface area is 106 Å². The van der Waals surface area contributed by atoms with Crippen molar-refractivity contribution < 1.29 is 14.3 Å². The number of anilines is 1. The van der Waals surface area contributed by atoms with Gasteiger partial charge in [-0.05, 0) is 30.7 Å². The molecule has 18 heavy (non-hydrogen) atoms. The van der Waals surface area contributed by atoms with E-state index in [-0.39, 0.29) is 18.2 Å². The lowest BCUT2D eigenvalue weighted by atomic mass is 10.1. The SMILES string of the molecule is COc1ccc(NC2CC(=O)N(C)C2=O)cc1C. The van der Waals surface area contributed by atoms with Gasteiger partial charge < -0.3 is 10.1 Å². The highest BCUT2D eigenvalue weighted by Gasteiger charge is 2.35. The smallest absolute Gasteiger partial charge is 0.251 e. The standard InChI is InChI=1S/C13H16N2O3/c1-8-6-9(4-5-11(8)18-3)14-10-7-12(16)15(2)13(10)17/h4-6,10,14H,7H2,1-3H3. The van der Waals surface area contributed by atoms with Crippen molar-refractivity contribution in [2.45, 2.75) is 19.4 Å². The van der Waals surface area contributed by atoms with Gasteiger partial charge in [0.1, 0.15) is 11.8 Å². The number of carbonyl (C=O) groups excluding carboxylic acids is 2. The maximum absolute atomic E-state index is 11.7. The third-order valence-electron chi connectivity index (χ3n) is 3.12. The Kier molecular flexibility index (Phi) is 3.23. The summed E-state index contributed by atoms with van der Waals surface area (Å²) < 4.78 is 5.17. The lowest BCUT2D eigenvalue weighted by Gasteiger charge is -2.14. The van der Waals surface area contributed by atoms with Crippen LogP contribution >= 0.6 is 0 Å². The molecule has 0 aliphatic carbocycles. The predicted octanol–water partition coefficient (Wildman–Crippen LogP) is 1.17. The van der Waals surface area contributed by atoms with Gasteiger partial charge in [0.15, 0.2) is 0 Å². The summed E-state index contributed by atoms with van der Waals surface area (Å²) in [5.74, 6) is 0.461. The van der Waals surface area contributed by atoms with Crippen LogP contribution in [0.15, 0.2) is 18.2 Å². The summed E-state index contributed by atoms with van der Waals surface area (Å²) in [6.45, 7) is 1.93. The Hall–Kier alpha value is -2.04. The highest BCUT2D eigenvalue weighted by atomic mass is 16.5. The van der Waals surface area contributed by atoms with Crippen LogP contribution in [-0.2, 0) is 9.59 Å². The van der Waals surface area contributed by atoms with E-state index in [1.807, 2.05) is 25.1 Å². The van der Waals surface area contributed by atoms with Crippen LogP contribution in [0.2, 0.25) is 0 Å². The van der Waals surface area contributed by atoms with Gasteiger partial charge in [-0.25, -0.2) is 0 Å². The van der Waals surface area contributed by atoms with Crippen molar-refractivity contribution in [2.75, 3.05) is 19.5 Å². The molecule has 5 nitrogen and oxygen atoms in total. The molecule has 0 radical (unpaired) electrons. The van der Waals surface area contributed by atoms with E-state index in [2.05, 4.69) is 5.32 Å². The average molecular weight is 248 g/mol. The van der Waals surface area contributed by atoms with Crippen LogP contribution in [0.3, 0.4) is 0 Å². The number of nitrogens with one attached hydrogen (secondary N) is 1. The number of hydrogen-bond acceptors (Lipinski definition) is 4. The summed E-state index contributed by atoms with van der Waals surface area (Å²) in [5.41, 5.74) is 1.79. The monoisotopic (exact) mass is 248 g/mol. The van der Waals surface area contributed by atoms with Crippen LogP contribution < -0.4 is 10.1 Å². The highest BCUT2D eigenvalue weighted by Crippen LogP contribution is 2.23. The number of methoxy groups -OCH3 is 1. The van der Waals surface area contributed by atoms with Crippen molar-refractivity contribution in [3.63, 3.8) is 0 Å². The van der Waals surface area contributed by atoms with E-state index in [0.717, 1.165) is 21.9 Å². The molecule has 96 valence electrons. The molecule has 2 amide bonds. The highest BCUT2D eigenvalue weighted by molar-refractivity contribution is 6.06. The van der Waals surface area contributed by atoms with Crippen molar-refractivity contribution in [1.82, 2.24) is 4.90 Å². The number of hydrogen-bond donors (Lipinski definition) is 1. The fourth-order valence-electron chi connectivity index (χ4n) is 2.04. The Morgan fingerprint density at radius 1 is 1.39 bits per heavy atom. The summed E-state index contributed by atoms with van der Waals surface area (Å²) in [7, 11) is 3.12. The van der Waals surface area contributed by atoms with Gasteiger partial charge in [0.2, 0.25) is 5.91 Å². The fourth-order valence-corrected chi connectivity index (χ4v) is 2.04. The van der Waals surface area contributed by atoms with Crippen molar-refractivity contribution in [2.24, 2.45) is 0 Å². The van der Waals surface area contributed by atoms with Crippen molar-refractivity contribution in [1.29, 1.82) is 0 Å². The third kappa shape index (κ3) is 2.16. The van der Waals surface area contributed by atoms with Gasteiger partial charge in [0.05, 0.1) is 13.5 Å². The number of nitrogens with zero attached hydrogens (tertiary/aromatic N) is 1. The van der Waals surface area contributed by atoms with E-state index < -0.39 is 6.04 Å². The van der Waals surface area contributed by atoms with Crippen LogP contribution in [-0.4, -0.2) is 36.9 Å². The number of ether oxygens (including phenoxy) is 1. The first-order valence-electron chi connectivity index (χ1n) is 5.74. The Balaban J connectivity index is 2.13. The number of likely N-dealkylation sites (N-methyl/N-ethyl adjacent to an activating group) is 1. The maximum atomic E-state index is 11.7. The number of imide groups is 1. The van der Waals surface area contributed by atoms with E-state index in [1.165, 1.54) is 7.05 Å². The minimum Gasteiger partial charge on any atom is -0.496 e. The third-order valence-corrected chi connectivity index (χ3v) is 3.12. The maximum Gasteiger partial charge on any atom is 0.251 e. The Bertz CT molecular complexity index is 499. The molecule has 1 heterocycles. The van der Waals surface area contributed by atoms with Gasteiger partial charge in [-0.15, -0.1) is 0 Å². The zero-order valence-corrected chi connectivity index (χ0v) is 10.7. The average Bonchev–Trinajstić information content (AvgIpc) is 2.57. The fraction of sp³-hybridized carbons (Fsp3) is 0.385. The number of likely N-dealkylation sites (tertiary alicyclic amines) is 1. The molecule has 5 heteroatoms. The van der Waals surface area contributed by atoms with Crippen molar-refractivity contribution in [3.05, 3.63) is 23.8 Å². The van der Waals surface area contributed by atoms with Gasteiger partial charge in [-0.3, -0.25) is 14.5 Å². The number of benzene rings is 1. The normalized spacial score (nSPS) is 19.3. The first-order chi connectivity index (χ1) is 8.52. The predicted molar refractivity (Wildman–Crippen MR) is 67.5 cm³/mol. The second kappa shape index (κ2) is 4.68. The van der Waals surface area contributed by atoms with E-state index in [4.69, 9.17) is 4.74 Å². The van der Waals surface area contributed by atoms with E-state index in [0.29, 0.717) is 0 Å². The zero-order chi connectivity index (χ0) is 13.3. The van der Waals surface area contributed by atoms with E-state index >= 15 is 0 Å². The van der Waals surface area contributed by atoms with Gasteiger partial charge >= 0.3 is 0 Å². The summed E-state index contributed by atoms with van der Waals surface area (Å²) in [6.07, 6.45) is 0.209. The van der Waals surface area contributed by atoms with E-state index in [9.17, 15) is 9.59 Å². The zero-order valence-electron chi connectivity index (χ0n) is 10.7. The van der Waals surface area contributed by atoms with Crippen LogP contribution in [0.1, 0.15) is 12.0 Å². The number of amides is 2. The molecule has 1 N–H and O–H groups in total. The Morgan fingerprint density at radius 3 is 2.61 bits per heavy atom. The largest absolute Gasteiger partial charge is 0.496 e. The first kappa shape index (κ1) is 12.4. The molecule has 2 rings (SSSR count). The van der Waals surface area contributed by atoms with Gasteiger partial charge in [0, 0.05) is 12.7 Å². The molecule has 1 aromatic carbocycles. The number of rotatable bonds is 3. The summed E-state index contributed by atoms with van der Waals surface area (Å²) in [4.78, 5) is 24.3. The number of carbonyl (C=O) groups is 2. The molecular formula is C13H16N2O3. The van der Waals surface area contributed by atoms with Crippen LogP contribution in [0.5, 0.6) is 5.75 Å². The molecule has 0 saturated carbocycles. The molecule has 0 spiro atoms. The van der Waals surface area contributed by atoms with Crippen LogP contribution in [0.4, 0.5) is 5.69 Å². The molecule has 1 aliphatic rings. The van der Waals surface area contributed by atoms with Gasteiger partial charge in [0.25, 0.3) is 5.91 Å². The molecule has 1 aliphatic heterocycles. The van der Waals surface area contributed by atoms with Crippen molar-refractivity contribution >= 4 is 17.5 Å². The summed E-state index contributed by atoms with van der Waals surface area (Å²) in [5, 5.41) is 3.08. The molecule has 1 aromatic rings. The van der Waals surface area contributed by atoms with Crippen LogP contribution in [0, 0.1) is 6.92 Å².